The zero-order chi connectivity index (χ0) is 21.2. The van der Waals surface area contributed by atoms with E-state index in [9.17, 15) is 9.59 Å². The molecule has 158 valence electrons. The molecule has 1 saturated heterocycles. The SMILES string of the molecule is O=C(Nc1cccc(C(=O)N2CCOC(c3nn[nH]n3)C2)c1)C1Cc2ccccc2O1. The smallest absolute Gasteiger partial charge is 0.265 e. The van der Waals surface area contributed by atoms with Gasteiger partial charge >= 0.3 is 0 Å². The topological polar surface area (TPSA) is 122 Å². The van der Waals surface area contributed by atoms with Crippen LogP contribution in [0.4, 0.5) is 5.69 Å². The third-order valence-electron chi connectivity index (χ3n) is 5.32. The van der Waals surface area contributed by atoms with E-state index >= 15 is 0 Å². The lowest BCUT2D eigenvalue weighted by Gasteiger charge is -2.31. The van der Waals surface area contributed by atoms with Gasteiger partial charge in [0.05, 0.1) is 13.2 Å². The van der Waals surface area contributed by atoms with Gasteiger partial charge in [-0.2, -0.15) is 5.21 Å². The molecule has 0 saturated carbocycles. The number of aromatic nitrogens is 4. The van der Waals surface area contributed by atoms with Gasteiger partial charge in [-0.15, -0.1) is 10.2 Å². The van der Waals surface area contributed by atoms with E-state index in [1.54, 1.807) is 29.2 Å². The molecular formula is C21H20N6O4. The average molecular weight is 420 g/mol. The van der Waals surface area contributed by atoms with Crippen LogP contribution >= 0.6 is 0 Å². The van der Waals surface area contributed by atoms with Gasteiger partial charge in [0.1, 0.15) is 11.9 Å². The van der Waals surface area contributed by atoms with Crippen LogP contribution in [0.2, 0.25) is 0 Å². The molecule has 10 heteroatoms. The number of fused-ring (bicyclic) bond motifs is 1. The van der Waals surface area contributed by atoms with Crippen molar-refractivity contribution < 1.29 is 19.1 Å². The van der Waals surface area contributed by atoms with Gasteiger partial charge in [-0.1, -0.05) is 29.5 Å². The second-order valence-electron chi connectivity index (χ2n) is 7.37. The van der Waals surface area contributed by atoms with E-state index in [0.717, 1.165) is 11.3 Å². The molecule has 2 unspecified atom stereocenters. The molecule has 2 aromatic carbocycles. The average Bonchev–Trinajstić information content (AvgIpc) is 3.49. The zero-order valence-corrected chi connectivity index (χ0v) is 16.5. The summed E-state index contributed by atoms with van der Waals surface area (Å²) in [6.07, 6.45) is -0.501. The first-order valence-electron chi connectivity index (χ1n) is 9.97. The molecule has 0 radical (unpaired) electrons. The maximum atomic E-state index is 13.0. The number of H-pyrrole nitrogens is 1. The molecule has 10 nitrogen and oxygen atoms in total. The van der Waals surface area contributed by atoms with Crippen molar-refractivity contribution in [1.29, 1.82) is 0 Å². The van der Waals surface area contributed by atoms with Crippen LogP contribution in [-0.2, 0) is 16.0 Å². The highest BCUT2D eigenvalue weighted by Crippen LogP contribution is 2.29. The fraction of sp³-hybridized carbons (Fsp3) is 0.286. The maximum Gasteiger partial charge on any atom is 0.265 e. The van der Waals surface area contributed by atoms with Crippen molar-refractivity contribution in [3.63, 3.8) is 0 Å². The van der Waals surface area contributed by atoms with Crippen LogP contribution in [-0.4, -0.2) is 63.1 Å². The normalized spacial score (nSPS) is 20.1. The highest BCUT2D eigenvalue weighted by molar-refractivity contribution is 5.98. The highest BCUT2D eigenvalue weighted by atomic mass is 16.5. The number of carbonyl (C=O) groups excluding carboxylic acids is 2. The fourth-order valence-electron chi connectivity index (χ4n) is 3.76. The van der Waals surface area contributed by atoms with Gasteiger partial charge in [0.2, 0.25) is 5.82 Å². The van der Waals surface area contributed by atoms with Gasteiger partial charge < -0.3 is 19.7 Å². The van der Waals surface area contributed by atoms with E-state index in [2.05, 4.69) is 25.9 Å². The van der Waals surface area contributed by atoms with Crippen LogP contribution in [0.5, 0.6) is 5.75 Å². The lowest BCUT2D eigenvalue weighted by molar-refractivity contribution is -0.122. The molecule has 5 rings (SSSR count). The first kappa shape index (κ1) is 19.2. The lowest BCUT2D eigenvalue weighted by atomic mass is 10.1. The van der Waals surface area contributed by atoms with Gasteiger partial charge in [0.25, 0.3) is 11.8 Å². The summed E-state index contributed by atoms with van der Waals surface area (Å²) < 4.78 is 11.4. The molecule has 2 aliphatic heterocycles. The van der Waals surface area contributed by atoms with Crippen molar-refractivity contribution in [1.82, 2.24) is 25.5 Å². The summed E-state index contributed by atoms with van der Waals surface area (Å²) in [6.45, 7) is 1.15. The molecule has 2 N–H and O–H groups in total. The molecule has 1 aromatic heterocycles. The Morgan fingerprint density at radius 3 is 2.90 bits per heavy atom. The predicted octanol–water partition coefficient (Wildman–Crippen LogP) is 1.36. The number of nitrogens with one attached hydrogen (secondary N) is 2. The van der Waals surface area contributed by atoms with Gasteiger partial charge in [-0.05, 0) is 29.8 Å². The van der Waals surface area contributed by atoms with Crippen molar-refractivity contribution >= 4 is 17.5 Å². The number of morpholine rings is 1. The number of hydrogen-bond donors (Lipinski definition) is 2. The first-order chi connectivity index (χ1) is 15.2. The quantitative estimate of drug-likeness (QED) is 0.653. The van der Waals surface area contributed by atoms with Gasteiger partial charge in [0.15, 0.2) is 6.10 Å². The van der Waals surface area contributed by atoms with Crippen molar-refractivity contribution in [2.45, 2.75) is 18.6 Å². The number of tetrazole rings is 1. The van der Waals surface area contributed by atoms with E-state index in [1.807, 2.05) is 24.3 Å². The minimum Gasteiger partial charge on any atom is -0.480 e. The Bertz CT molecular complexity index is 1080. The molecular weight excluding hydrogens is 400 g/mol. The van der Waals surface area contributed by atoms with Crippen LogP contribution in [0.25, 0.3) is 0 Å². The lowest BCUT2D eigenvalue weighted by Crippen LogP contribution is -2.42. The van der Waals surface area contributed by atoms with Crippen LogP contribution in [0.3, 0.4) is 0 Å². The number of benzene rings is 2. The maximum absolute atomic E-state index is 13.0. The zero-order valence-electron chi connectivity index (χ0n) is 16.5. The van der Waals surface area contributed by atoms with E-state index < -0.39 is 12.2 Å². The molecule has 0 bridgehead atoms. The number of amides is 2. The van der Waals surface area contributed by atoms with E-state index in [0.29, 0.717) is 43.2 Å². The van der Waals surface area contributed by atoms with Crippen LogP contribution in [0.1, 0.15) is 27.8 Å². The van der Waals surface area contributed by atoms with Crippen molar-refractivity contribution in [3.8, 4) is 5.75 Å². The second-order valence-corrected chi connectivity index (χ2v) is 7.37. The molecule has 2 amide bonds. The Balaban J connectivity index is 1.25. The van der Waals surface area contributed by atoms with Crippen LogP contribution < -0.4 is 10.1 Å². The number of hydrogen-bond acceptors (Lipinski definition) is 7. The molecule has 0 spiro atoms. The minimum absolute atomic E-state index is 0.155. The van der Waals surface area contributed by atoms with E-state index in [4.69, 9.17) is 9.47 Å². The predicted molar refractivity (Wildman–Crippen MR) is 108 cm³/mol. The molecule has 1 fully saturated rings. The van der Waals surface area contributed by atoms with Crippen molar-refractivity contribution in [2.24, 2.45) is 0 Å². The molecule has 2 atom stereocenters. The summed E-state index contributed by atoms with van der Waals surface area (Å²) in [5.74, 6) is 0.743. The van der Waals surface area contributed by atoms with Gasteiger partial charge in [-0.25, -0.2) is 0 Å². The molecule has 3 heterocycles. The number of anilines is 1. The van der Waals surface area contributed by atoms with Gasteiger partial charge in [-0.3, -0.25) is 9.59 Å². The minimum atomic E-state index is -0.591. The van der Waals surface area contributed by atoms with Crippen LogP contribution in [0, 0.1) is 0 Å². The number of nitrogens with zero attached hydrogens (tertiary/aromatic N) is 4. The molecule has 0 aliphatic carbocycles. The number of para-hydroxylation sites is 1. The van der Waals surface area contributed by atoms with Crippen LogP contribution in [0.15, 0.2) is 48.5 Å². The fourth-order valence-corrected chi connectivity index (χ4v) is 3.76. The highest BCUT2D eigenvalue weighted by Gasteiger charge is 2.30. The number of carbonyl (C=O) groups is 2. The summed E-state index contributed by atoms with van der Waals surface area (Å²) in [5.41, 5.74) is 2.02. The second kappa shape index (κ2) is 8.15. The van der Waals surface area contributed by atoms with Crippen molar-refractivity contribution in [3.05, 3.63) is 65.5 Å². The first-order valence-corrected chi connectivity index (χ1v) is 9.97. The third-order valence-corrected chi connectivity index (χ3v) is 5.32. The Labute approximate surface area is 177 Å². The summed E-state index contributed by atoms with van der Waals surface area (Å²) >= 11 is 0. The largest absolute Gasteiger partial charge is 0.480 e. The standard InChI is InChI=1S/C21H20N6O4/c28-20(17-11-13-4-1-2-7-16(13)31-17)22-15-6-3-5-14(10-15)21(29)27-8-9-30-18(12-27)19-23-25-26-24-19/h1-7,10,17-18H,8-9,11-12H2,(H,22,28)(H,23,24,25,26). The van der Waals surface area contributed by atoms with E-state index in [1.165, 1.54) is 0 Å². The molecule has 2 aliphatic rings. The summed E-state index contributed by atoms with van der Waals surface area (Å²) in [6, 6.07) is 14.5. The Morgan fingerprint density at radius 2 is 2.06 bits per heavy atom. The summed E-state index contributed by atoms with van der Waals surface area (Å²) in [7, 11) is 0. The van der Waals surface area contributed by atoms with E-state index in [-0.39, 0.29) is 11.8 Å². The number of aromatic amines is 1. The number of rotatable bonds is 4. The Morgan fingerprint density at radius 1 is 1.16 bits per heavy atom. The Hall–Kier alpha value is -3.79. The molecule has 3 aromatic rings. The van der Waals surface area contributed by atoms with Crippen molar-refractivity contribution in [2.75, 3.05) is 25.0 Å². The van der Waals surface area contributed by atoms with Gasteiger partial charge in [0, 0.05) is 24.2 Å². The Kier molecular flexibility index (Phi) is 5.04. The summed E-state index contributed by atoms with van der Waals surface area (Å²) in [5, 5.41) is 16.7. The monoisotopic (exact) mass is 420 g/mol. The molecule has 31 heavy (non-hydrogen) atoms. The third kappa shape index (κ3) is 3.97. The number of ether oxygens (including phenoxy) is 2. The summed E-state index contributed by atoms with van der Waals surface area (Å²) in [4.78, 5) is 27.4.